The number of hydrogen-bond donors (Lipinski definition) is 1. The van der Waals surface area contributed by atoms with Crippen LogP contribution in [-0.2, 0) is 6.54 Å². The van der Waals surface area contributed by atoms with E-state index in [4.69, 9.17) is 9.15 Å². The lowest BCUT2D eigenvalue weighted by Gasteiger charge is -2.06. The molecule has 0 atom stereocenters. The summed E-state index contributed by atoms with van der Waals surface area (Å²) in [6.45, 7) is 7.03. The number of aryl methyl sites for hydroxylation is 1. The lowest BCUT2D eigenvalue weighted by molar-refractivity contribution is 0.412. The highest BCUT2D eigenvalue weighted by atomic mass is 79.9. The minimum atomic E-state index is 0.425. The fourth-order valence-electron chi connectivity index (χ4n) is 1.97. The van der Waals surface area contributed by atoms with E-state index in [0.29, 0.717) is 6.04 Å². The number of methoxy groups -OCH3 is 1. The molecule has 3 nitrogen and oxygen atoms in total. The molecule has 0 unspecified atom stereocenters. The lowest BCUT2D eigenvalue weighted by atomic mass is 10.1. The first-order valence-electron chi connectivity index (χ1n) is 6.13. The van der Waals surface area contributed by atoms with E-state index in [-0.39, 0.29) is 0 Å². The zero-order valence-corrected chi connectivity index (χ0v) is 14.6. The lowest BCUT2D eigenvalue weighted by Crippen LogP contribution is -2.21. The first-order chi connectivity index (χ1) is 8.95. The van der Waals surface area contributed by atoms with Crippen LogP contribution in [0.3, 0.4) is 0 Å². The second-order valence-corrected chi connectivity index (χ2v) is 6.41. The average molecular weight is 391 g/mol. The number of nitrogens with one attached hydrogen (secondary N) is 1. The maximum absolute atomic E-state index is 5.97. The number of rotatable bonds is 4. The van der Waals surface area contributed by atoms with Gasteiger partial charge in [-0.1, -0.05) is 13.8 Å². The molecular weight excluding hydrogens is 374 g/mol. The van der Waals surface area contributed by atoms with Crippen molar-refractivity contribution in [2.75, 3.05) is 7.11 Å². The molecule has 2 aromatic rings. The summed E-state index contributed by atoms with van der Waals surface area (Å²) in [5.41, 5.74) is 1.99. The molecule has 1 aromatic heterocycles. The van der Waals surface area contributed by atoms with Gasteiger partial charge in [0.15, 0.2) is 0 Å². The van der Waals surface area contributed by atoms with E-state index in [0.717, 1.165) is 43.5 Å². The largest absolute Gasteiger partial charge is 0.496 e. The van der Waals surface area contributed by atoms with Gasteiger partial charge in [-0.15, -0.1) is 0 Å². The fourth-order valence-corrected chi connectivity index (χ4v) is 3.22. The van der Waals surface area contributed by atoms with Crippen molar-refractivity contribution < 1.29 is 9.15 Å². The van der Waals surface area contributed by atoms with Crippen LogP contribution in [0.5, 0.6) is 5.75 Å². The van der Waals surface area contributed by atoms with Gasteiger partial charge in [0.2, 0.25) is 0 Å². The molecule has 19 heavy (non-hydrogen) atoms. The number of benzene rings is 1. The minimum absolute atomic E-state index is 0.425. The maximum Gasteiger partial charge on any atom is 0.150 e. The van der Waals surface area contributed by atoms with Gasteiger partial charge in [-0.2, -0.15) is 0 Å². The van der Waals surface area contributed by atoms with Crippen molar-refractivity contribution in [2.45, 2.75) is 33.4 Å². The van der Waals surface area contributed by atoms with E-state index < -0.39 is 0 Å². The third kappa shape index (κ3) is 2.83. The molecule has 0 aliphatic rings. The van der Waals surface area contributed by atoms with E-state index in [1.54, 1.807) is 7.11 Å². The molecule has 1 N–H and O–H groups in total. The number of fused-ring (bicyclic) bond motifs is 1. The first kappa shape index (κ1) is 14.9. The summed E-state index contributed by atoms with van der Waals surface area (Å²) < 4.78 is 13.2. The predicted octanol–water partition coefficient (Wildman–Crippen LogP) is 4.77. The third-order valence-corrected chi connectivity index (χ3v) is 4.42. The SMILES string of the molecule is COc1cc(Br)c2oc(CNC(C)C)c(C)c2c1Br. The van der Waals surface area contributed by atoms with Crippen LogP contribution >= 0.6 is 31.9 Å². The van der Waals surface area contributed by atoms with Gasteiger partial charge in [0, 0.05) is 17.0 Å². The van der Waals surface area contributed by atoms with E-state index in [1.807, 2.05) is 6.07 Å². The molecular formula is C14H17Br2NO2. The molecule has 0 bridgehead atoms. The van der Waals surface area contributed by atoms with Gasteiger partial charge in [0.1, 0.15) is 17.1 Å². The summed E-state index contributed by atoms with van der Waals surface area (Å²) in [5.74, 6) is 1.75. The highest BCUT2D eigenvalue weighted by Crippen LogP contribution is 2.41. The number of halogens is 2. The highest BCUT2D eigenvalue weighted by molar-refractivity contribution is 9.11. The molecule has 0 fully saturated rings. The van der Waals surface area contributed by atoms with Crippen molar-refractivity contribution in [2.24, 2.45) is 0 Å². The topological polar surface area (TPSA) is 34.4 Å². The smallest absolute Gasteiger partial charge is 0.150 e. The zero-order valence-electron chi connectivity index (χ0n) is 11.4. The van der Waals surface area contributed by atoms with Crippen LogP contribution in [0.2, 0.25) is 0 Å². The molecule has 0 saturated carbocycles. The summed E-state index contributed by atoms with van der Waals surface area (Å²) >= 11 is 7.13. The fraction of sp³-hybridized carbons (Fsp3) is 0.429. The predicted molar refractivity (Wildman–Crippen MR) is 84.9 cm³/mol. The molecule has 5 heteroatoms. The van der Waals surface area contributed by atoms with Crippen molar-refractivity contribution in [1.29, 1.82) is 0 Å². The number of hydrogen-bond acceptors (Lipinski definition) is 3. The van der Waals surface area contributed by atoms with E-state index in [2.05, 4.69) is 57.9 Å². The molecule has 1 aromatic carbocycles. The summed E-state index contributed by atoms with van der Waals surface area (Å²) in [5, 5.41) is 4.44. The Balaban J connectivity index is 2.56. The Bertz CT molecular complexity index is 605. The van der Waals surface area contributed by atoms with E-state index in [1.165, 1.54) is 0 Å². The molecule has 0 spiro atoms. The zero-order chi connectivity index (χ0) is 14.2. The van der Waals surface area contributed by atoms with Gasteiger partial charge in [-0.05, 0) is 44.8 Å². The normalized spacial score (nSPS) is 11.5. The van der Waals surface area contributed by atoms with Gasteiger partial charge in [-0.25, -0.2) is 0 Å². The standard InChI is InChI=1S/C14H17Br2NO2/c1-7(2)17-6-11-8(3)12-13(16)10(18-4)5-9(15)14(12)19-11/h5,7,17H,6H2,1-4H3. The molecule has 0 saturated heterocycles. The Labute approximate surface area is 129 Å². The molecule has 104 valence electrons. The molecule has 1 heterocycles. The first-order valence-corrected chi connectivity index (χ1v) is 7.71. The van der Waals surface area contributed by atoms with Crippen molar-refractivity contribution in [3.8, 4) is 5.75 Å². The van der Waals surface area contributed by atoms with Gasteiger partial charge < -0.3 is 14.5 Å². The van der Waals surface area contributed by atoms with Crippen LogP contribution in [0.15, 0.2) is 19.4 Å². The Hall–Kier alpha value is -0.520. The van der Waals surface area contributed by atoms with Crippen molar-refractivity contribution in [3.63, 3.8) is 0 Å². The van der Waals surface area contributed by atoms with Crippen LogP contribution in [0.4, 0.5) is 0 Å². The van der Waals surface area contributed by atoms with Crippen molar-refractivity contribution >= 4 is 42.8 Å². The van der Waals surface area contributed by atoms with Gasteiger partial charge in [0.05, 0.1) is 22.6 Å². The second kappa shape index (κ2) is 5.85. The average Bonchev–Trinajstić information content (AvgIpc) is 2.69. The van der Waals surface area contributed by atoms with Crippen molar-refractivity contribution in [3.05, 3.63) is 26.3 Å². The quantitative estimate of drug-likeness (QED) is 0.816. The van der Waals surface area contributed by atoms with E-state index in [9.17, 15) is 0 Å². The van der Waals surface area contributed by atoms with Crippen LogP contribution in [0.1, 0.15) is 25.2 Å². The monoisotopic (exact) mass is 389 g/mol. The van der Waals surface area contributed by atoms with Crippen LogP contribution in [0.25, 0.3) is 11.0 Å². The molecule has 0 aliphatic carbocycles. The Morgan fingerprint density at radius 1 is 1.37 bits per heavy atom. The highest BCUT2D eigenvalue weighted by Gasteiger charge is 2.18. The third-order valence-electron chi connectivity index (χ3n) is 3.05. The van der Waals surface area contributed by atoms with Crippen LogP contribution < -0.4 is 10.1 Å². The summed E-state index contributed by atoms with van der Waals surface area (Å²) in [6, 6.07) is 2.34. The van der Waals surface area contributed by atoms with E-state index >= 15 is 0 Å². The number of furan rings is 1. The molecule has 0 amide bonds. The molecule has 0 aliphatic heterocycles. The van der Waals surface area contributed by atoms with Gasteiger partial charge in [0.25, 0.3) is 0 Å². The molecule has 0 radical (unpaired) electrons. The Morgan fingerprint density at radius 2 is 2.05 bits per heavy atom. The van der Waals surface area contributed by atoms with Crippen molar-refractivity contribution in [1.82, 2.24) is 5.32 Å². The number of ether oxygens (including phenoxy) is 1. The summed E-state index contributed by atoms with van der Waals surface area (Å²) in [6.07, 6.45) is 0. The summed E-state index contributed by atoms with van der Waals surface area (Å²) in [7, 11) is 1.66. The van der Waals surface area contributed by atoms with Gasteiger partial charge >= 0.3 is 0 Å². The van der Waals surface area contributed by atoms with Crippen LogP contribution in [0, 0.1) is 6.92 Å². The van der Waals surface area contributed by atoms with Crippen LogP contribution in [-0.4, -0.2) is 13.2 Å². The second-order valence-electron chi connectivity index (χ2n) is 4.76. The molecule has 2 rings (SSSR count). The Morgan fingerprint density at radius 3 is 2.63 bits per heavy atom. The maximum atomic E-state index is 5.97. The summed E-state index contributed by atoms with van der Waals surface area (Å²) in [4.78, 5) is 0. The minimum Gasteiger partial charge on any atom is -0.496 e. The van der Waals surface area contributed by atoms with Gasteiger partial charge in [-0.3, -0.25) is 0 Å². The Kier molecular flexibility index (Phi) is 4.58.